The first-order valence-electron chi connectivity index (χ1n) is 11.2. The number of rotatable bonds is 6. The zero-order valence-corrected chi connectivity index (χ0v) is 20.7. The van der Waals surface area contributed by atoms with E-state index in [0.717, 1.165) is 58.0 Å². The molecule has 2 fully saturated rings. The smallest absolute Gasteiger partial charge is 0.475 e. The van der Waals surface area contributed by atoms with Gasteiger partial charge in [-0.2, -0.15) is 37.7 Å². The monoisotopic (exact) mass is 572 g/mol. The lowest BCUT2D eigenvalue weighted by molar-refractivity contribution is -0.193. The number of aliphatic carboxylic acids is 2. The van der Waals surface area contributed by atoms with E-state index in [4.69, 9.17) is 24.5 Å². The summed E-state index contributed by atoms with van der Waals surface area (Å²) in [4.78, 5) is 28.9. The fourth-order valence-electron chi connectivity index (χ4n) is 4.09. The summed E-state index contributed by atoms with van der Waals surface area (Å²) in [5, 5.41) is 22.0. The number of carbonyl (C=O) groups is 2. The Hall–Kier alpha value is -2.98. The number of hydrogen-bond donors (Lipinski definition) is 3. The molecule has 3 N–H and O–H groups in total. The molecule has 0 amide bonds. The van der Waals surface area contributed by atoms with E-state index in [2.05, 4.69) is 37.0 Å². The second-order valence-corrected chi connectivity index (χ2v) is 9.24. The van der Waals surface area contributed by atoms with Crippen molar-refractivity contribution in [1.29, 1.82) is 0 Å². The highest BCUT2D eigenvalue weighted by Gasteiger charge is 2.47. The maximum Gasteiger partial charge on any atom is 0.490 e. The number of nitrogens with zero attached hydrogens (tertiary/aromatic N) is 3. The molecule has 0 spiro atoms. The largest absolute Gasteiger partial charge is 0.490 e. The molecule has 0 radical (unpaired) electrons. The first-order chi connectivity index (χ1) is 17.7. The normalized spacial score (nSPS) is 21.3. The fourth-order valence-corrected chi connectivity index (χ4v) is 4.75. The number of ether oxygens (including phenoxy) is 1. The summed E-state index contributed by atoms with van der Waals surface area (Å²) in [6.07, 6.45) is -2.79. The maximum absolute atomic E-state index is 10.6. The molecule has 0 saturated carbocycles. The zero-order chi connectivity index (χ0) is 28.4. The number of nitrogens with one attached hydrogen (secondary N) is 1. The average molecular weight is 573 g/mol. The van der Waals surface area contributed by atoms with Gasteiger partial charge in [0, 0.05) is 50.6 Å². The van der Waals surface area contributed by atoms with E-state index in [1.54, 1.807) is 23.7 Å². The predicted octanol–water partition coefficient (Wildman–Crippen LogP) is 4.29. The number of halogens is 6. The van der Waals surface area contributed by atoms with E-state index in [9.17, 15) is 26.3 Å². The topological polar surface area (TPSA) is 125 Å². The molecule has 2 atom stereocenters. The van der Waals surface area contributed by atoms with Crippen molar-refractivity contribution in [3.8, 4) is 0 Å². The van der Waals surface area contributed by atoms with Gasteiger partial charge < -0.3 is 20.3 Å². The number of hydrogen-bond acceptors (Lipinski definition) is 8. The summed E-state index contributed by atoms with van der Waals surface area (Å²) in [5.74, 6) is -4.80. The van der Waals surface area contributed by atoms with Crippen molar-refractivity contribution in [2.24, 2.45) is 5.41 Å². The van der Waals surface area contributed by atoms with Crippen LogP contribution in [-0.4, -0.2) is 81.7 Å². The van der Waals surface area contributed by atoms with Gasteiger partial charge in [-0.15, -0.1) is 0 Å². The van der Waals surface area contributed by atoms with Crippen LogP contribution in [0.2, 0.25) is 0 Å². The molecule has 2 aliphatic heterocycles. The second-order valence-electron chi connectivity index (χ2n) is 8.46. The summed E-state index contributed by atoms with van der Waals surface area (Å²) in [6.45, 7) is 5.13. The third-order valence-corrected chi connectivity index (χ3v) is 6.52. The Kier molecular flexibility index (Phi) is 11.3. The van der Waals surface area contributed by atoms with Gasteiger partial charge in [0.15, 0.2) is 0 Å². The number of alkyl halides is 6. The van der Waals surface area contributed by atoms with Crippen LogP contribution in [0, 0.1) is 5.41 Å². The van der Waals surface area contributed by atoms with E-state index >= 15 is 0 Å². The molecule has 0 unspecified atom stereocenters. The van der Waals surface area contributed by atoms with Crippen LogP contribution in [0.4, 0.5) is 32.3 Å². The van der Waals surface area contributed by atoms with Crippen LogP contribution in [-0.2, 0) is 20.9 Å². The van der Waals surface area contributed by atoms with Gasteiger partial charge in [-0.3, -0.25) is 4.90 Å². The van der Waals surface area contributed by atoms with Crippen molar-refractivity contribution in [3.05, 3.63) is 40.8 Å². The van der Waals surface area contributed by atoms with Gasteiger partial charge in [0.05, 0.1) is 6.10 Å². The minimum atomic E-state index is -5.08. The van der Waals surface area contributed by atoms with E-state index < -0.39 is 24.3 Å². The molecule has 38 heavy (non-hydrogen) atoms. The third kappa shape index (κ3) is 10.1. The van der Waals surface area contributed by atoms with E-state index in [1.807, 2.05) is 6.07 Å². The Bertz CT molecular complexity index is 986. The molecule has 0 bridgehead atoms. The molecule has 16 heteroatoms. The fraction of sp³-hybridized carbons (Fsp3) is 0.545. The molecular formula is C22H26F6N4O5S. The van der Waals surface area contributed by atoms with Crippen LogP contribution < -0.4 is 5.32 Å². The van der Waals surface area contributed by atoms with Gasteiger partial charge in [0.1, 0.15) is 0 Å². The van der Waals surface area contributed by atoms with E-state index in [1.165, 1.54) is 5.56 Å². The van der Waals surface area contributed by atoms with Gasteiger partial charge >= 0.3 is 24.3 Å². The lowest BCUT2D eigenvalue weighted by atomic mass is 9.74. The summed E-state index contributed by atoms with van der Waals surface area (Å²) < 4.78 is 69.5. The first-order valence-corrected chi connectivity index (χ1v) is 12.1. The Morgan fingerprint density at radius 1 is 1.13 bits per heavy atom. The number of fused-ring (bicyclic) bond motifs is 1. The minimum absolute atomic E-state index is 0.274. The van der Waals surface area contributed by atoms with Gasteiger partial charge in [-0.25, -0.2) is 19.6 Å². The van der Waals surface area contributed by atoms with Crippen LogP contribution in [0.3, 0.4) is 0 Å². The highest BCUT2D eigenvalue weighted by Crippen LogP contribution is 2.43. The number of carboxylic acid groups (broad SMARTS) is 2. The number of piperidine rings is 1. The van der Waals surface area contributed by atoms with Crippen molar-refractivity contribution in [1.82, 2.24) is 14.9 Å². The Morgan fingerprint density at radius 2 is 1.74 bits per heavy atom. The summed E-state index contributed by atoms with van der Waals surface area (Å²) in [7, 11) is 0. The Balaban J connectivity index is 0.000000301. The Labute approximate surface area is 217 Å². The predicted molar refractivity (Wildman–Crippen MR) is 124 cm³/mol. The highest BCUT2D eigenvalue weighted by molar-refractivity contribution is 7.07. The molecule has 0 aliphatic carbocycles. The van der Waals surface area contributed by atoms with Crippen molar-refractivity contribution in [3.63, 3.8) is 0 Å². The zero-order valence-electron chi connectivity index (χ0n) is 19.8. The first kappa shape index (κ1) is 31.2. The summed E-state index contributed by atoms with van der Waals surface area (Å²) in [5.41, 5.74) is 1.71. The van der Waals surface area contributed by atoms with E-state index in [-0.39, 0.29) is 5.41 Å². The SMILES string of the molecule is O=C(O)C(F)(F)F.O=C(O)C(F)(F)F.c1cnc(NCC[C@@]23CCO[C@@H]2CCN(Cc2ccsc2)C3)nc1. The maximum atomic E-state index is 10.6. The van der Waals surface area contributed by atoms with Crippen LogP contribution in [0.5, 0.6) is 0 Å². The number of anilines is 1. The molecule has 4 heterocycles. The Morgan fingerprint density at radius 3 is 2.26 bits per heavy atom. The molecule has 2 aromatic rings. The molecular weight excluding hydrogens is 546 g/mol. The third-order valence-electron chi connectivity index (χ3n) is 5.79. The lowest BCUT2D eigenvalue weighted by Gasteiger charge is -2.44. The van der Waals surface area contributed by atoms with Gasteiger partial charge in [0.25, 0.3) is 0 Å². The molecule has 2 aliphatic rings. The van der Waals surface area contributed by atoms with Crippen molar-refractivity contribution in [2.45, 2.75) is 44.3 Å². The minimum Gasteiger partial charge on any atom is -0.475 e. The van der Waals surface area contributed by atoms with Crippen LogP contribution in [0.15, 0.2) is 35.3 Å². The molecule has 4 rings (SSSR count). The van der Waals surface area contributed by atoms with Crippen molar-refractivity contribution < 1.29 is 50.9 Å². The molecule has 0 aromatic carbocycles. The number of thiophene rings is 1. The number of aromatic nitrogens is 2. The highest BCUT2D eigenvalue weighted by atomic mass is 32.1. The lowest BCUT2D eigenvalue weighted by Crippen LogP contribution is -2.49. The summed E-state index contributed by atoms with van der Waals surface area (Å²) in [6, 6.07) is 4.08. The molecule has 2 aromatic heterocycles. The average Bonchev–Trinajstić information content (AvgIpc) is 3.49. The van der Waals surface area contributed by atoms with Gasteiger partial charge in [-0.05, 0) is 47.7 Å². The van der Waals surface area contributed by atoms with Crippen LogP contribution in [0.1, 0.15) is 24.8 Å². The van der Waals surface area contributed by atoms with Crippen LogP contribution >= 0.6 is 11.3 Å². The van der Waals surface area contributed by atoms with Crippen LogP contribution in [0.25, 0.3) is 0 Å². The number of likely N-dealkylation sites (tertiary alicyclic amines) is 1. The van der Waals surface area contributed by atoms with E-state index in [0.29, 0.717) is 6.10 Å². The quantitative estimate of drug-likeness (QED) is 0.435. The number of carboxylic acids is 2. The molecule has 2 saturated heterocycles. The van der Waals surface area contributed by atoms with Gasteiger partial charge in [-0.1, -0.05) is 0 Å². The molecule has 9 nitrogen and oxygen atoms in total. The second kappa shape index (κ2) is 13.7. The van der Waals surface area contributed by atoms with Crippen molar-refractivity contribution >= 4 is 29.2 Å². The standard InChI is InChI=1S/C18H24N4OS.2C2HF3O2/c1-6-19-17(20-7-1)21-8-4-18-5-10-23-16(18)2-9-22(14-18)12-15-3-11-24-13-15;2*3-2(4,5)1(6)7/h1,3,6-7,11,13,16H,2,4-5,8-10,12,14H2,(H,19,20,21);2*(H,6,7)/t16-,18+;;/m1../s1. The summed E-state index contributed by atoms with van der Waals surface area (Å²) >= 11 is 1.78. The molecule has 212 valence electrons. The van der Waals surface area contributed by atoms with Gasteiger partial charge in [0.2, 0.25) is 5.95 Å². The van der Waals surface area contributed by atoms with Crippen molar-refractivity contribution in [2.75, 3.05) is 31.6 Å².